The number of aromatic nitrogens is 2. The van der Waals surface area contributed by atoms with Gasteiger partial charge in [-0.05, 0) is 25.6 Å². The molecule has 0 fully saturated rings. The Morgan fingerprint density at radius 1 is 1.75 bits per heavy atom. The van der Waals surface area contributed by atoms with E-state index in [9.17, 15) is 4.79 Å². The summed E-state index contributed by atoms with van der Waals surface area (Å²) < 4.78 is 2.07. The molecule has 0 radical (unpaired) electrons. The van der Waals surface area contributed by atoms with Crippen molar-refractivity contribution in [1.82, 2.24) is 14.9 Å². The first-order chi connectivity index (χ1) is 7.61. The van der Waals surface area contributed by atoms with Crippen molar-refractivity contribution in [3.8, 4) is 0 Å². The molecule has 0 aliphatic carbocycles. The van der Waals surface area contributed by atoms with Crippen LogP contribution in [-0.2, 0) is 11.4 Å². The maximum atomic E-state index is 11.7. The molecule has 1 aromatic rings. The van der Waals surface area contributed by atoms with Gasteiger partial charge in [0.05, 0.1) is 12.3 Å². The van der Waals surface area contributed by atoms with E-state index in [1.54, 1.807) is 17.7 Å². The van der Waals surface area contributed by atoms with Gasteiger partial charge in [0.15, 0.2) is 4.77 Å². The molecule has 3 N–H and O–H groups in total. The topological polar surface area (TPSA) is 70.1 Å². The Morgan fingerprint density at radius 3 is 3.00 bits per heavy atom. The zero-order valence-corrected chi connectivity index (χ0v) is 10.3. The summed E-state index contributed by atoms with van der Waals surface area (Å²) in [5, 5.41) is 11.9. The number of hydrogen-bond donors (Lipinski definition) is 3. The quantitative estimate of drug-likeness (QED) is 0.679. The third kappa shape index (κ3) is 2.70. The lowest BCUT2D eigenvalue weighted by atomic mass is 10.3. The third-order valence-corrected chi connectivity index (χ3v) is 2.68. The minimum atomic E-state index is -0.410. The van der Waals surface area contributed by atoms with E-state index in [2.05, 4.69) is 10.3 Å². The lowest BCUT2D eigenvalue weighted by Crippen LogP contribution is -2.32. The molecule has 0 saturated heterocycles. The average molecular weight is 243 g/mol. The molecule has 6 heteroatoms. The highest BCUT2D eigenvalue weighted by Gasteiger charge is 2.17. The first kappa shape index (κ1) is 12.9. The molecule has 1 unspecified atom stereocenters. The van der Waals surface area contributed by atoms with Gasteiger partial charge in [-0.25, -0.2) is 0 Å². The van der Waals surface area contributed by atoms with Crippen molar-refractivity contribution in [2.45, 2.75) is 32.9 Å². The second kappa shape index (κ2) is 5.81. The third-order valence-electron chi connectivity index (χ3n) is 2.37. The summed E-state index contributed by atoms with van der Waals surface area (Å²) in [7, 11) is 0. The molecule has 0 aromatic carbocycles. The van der Waals surface area contributed by atoms with Gasteiger partial charge in [-0.2, -0.15) is 0 Å². The van der Waals surface area contributed by atoms with Gasteiger partial charge >= 0.3 is 0 Å². The van der Waals surface area contributed by atoms with Crippen molar-refractivity contribution >= 4 is 18.1 Å². The molecule has 1 aromatic heterocycles. The number of carbonyl (C=O) groups is 1. The van der Waals surface area contributed by atoms with Crippen LogP contribution in [0.4, 0.5) is 0 Å². The molecule has 16 heavy (non-hydrogen) atoms. The number of hydrogen-bond acceptors (Lipinski definition) is 3. The van der Waals surface area contributed by atoms with Crippen LogP contribution in [0.25, 0.3) is 0 Å². The van der Waals surface area contributed by atoms with Crippen LogP contribution in [-0.4, -0.2) is 27.1 Å². The van der Waals surface area contributed by atoms with Crippen LogP contribution in [0.15, 0.2) is 6.20 Å². The monoisotopic (exact) mass is 243 g/mol. The van der Waals surface area contributed by atoms with Crippen LogP contribution in [0.3, 0.4) is 0 Å². The summed E-state index contributed by atoms with van der Waals surface area (Å²) in [4.78, 5) is 14.6. The van der Waals surface area contributed by atoms with E-state index in [0.717, 1.165) is 6.42 Å². The fraction of sp³-hybridized carbons (Fsp3) is 0.600. The standard InChI is InChI=1S/C10H17N3O2S/c1-3-4-11-9(15)7(2)13-8(6-14)5-12-10(13)16/h5,7,14H,3-4,6H2,1-2H3,(H,11,15)(H,12,16). The van der Waals surface area contributed by atoms with E-state index < -0.39 is 6.04 Å². The molecule has 0 spiro atoms. The molecule has 0 aliphatic heterocycles. The molecule has 1 rings (SSSR count). The van der Waals surface area contributed by atoms with Gasteiger partial charge in [-0.15, -0.1) is 0 Å². The zero-order chi connectivity index (χ0) is 12.1. The molecule has 1 atom stereocenters. The second-order valence-corrected chi connectivity index (χ2v) is 3.97. The number of aliphatic hydroxyl groups is 1. The van der Waals surface area contributed by atoms with Gasteiger partial charge in [0.2, 0.25) is 5.91 Å². The molecule has 0 bridgehead atoms. The van der Waals surface area contributed by atoms with E-state index in [0.29, 0.717) is 17.0 Å². The number of amides is 1. The normalized spacial score (nSPS) is 12.4. The molecular formula is C10H17N3O2S. The predicted molar refractivity (Wildman–Crippen MR) is 63.6 cm³/mol. The number of carbonyl (C=O) groups excluding carboxylic acids is 1. The SMILES string of the molecule is CCCNC(=O)C(C)n1c(CO)c[nH]c1=S. The van der Waals surface area contributed by atoms with E-state index in [4.69, 9.17) is 17.3 Å². The highest BCUT2D eigenvalue weighted by Crippen LogP contribution is 2.11. The zero-order valence-electron chi connectivity index (χ0n) is 9.49. The van der Waals surface area contributed by atoms with Crippen LogP contribution in [0.1, 0.15) is 32.0 Å². The van der Waals surface area contributed by atoms with Crippen molar-refractivity contribution < 1.29 is 9.90 Å². The number of nitrogens with one attached hydrogen (secondary N) is 2. The Bertz CT molecular complexity index is 410. The van der Waals surface area contributed by atoms with Gasteiger partial charge in [-0.1, -0.05) is 6.92 Å². The van der Waals surface area contributed by atoms with Crippen molar-refractivity contribution in [3.63, 3.8) is 0 Å². The highest BCUT2D eigenvalue weighted by molar-refractivity contribution is 7.71. The fourth-order valence-electron chi connectivity index (χ4n) is 1.47. The molecule has 1 heterocycles. The van der Waals surface area contributed by atoms with Crippen LogP contribution < -0.4 is 5.32 Å². The molecule has 5 nitrogen and oxygen atoms in total. The Labute approximate surface area is 99.5 Å². The van der Waals surface area contributed by atoms with Gasteiger partial charge in [0, 0.05) is 12.7 Å². The number of aliphatic hydroxyl groups excluding tert-OH is 1. The van der Waals surface area contributed by atoms with E-state index in [1.165, 1.54) is 0 Å². The van der Waals surface area contributed by atoms with Crippen molar-refractivity contribution in [2.24, 2.45) is 0 Å². The van der Waals surface area contributed by atoms with Crippen LogP contribution in [0.2, 0.25) is 0 Å². The van der Waals surface area contributed by atoms with Crippen molar-refractivity contribution in [1.29, 1.82) is 0 Å². The average Bonchev–Trinajstić information content (AvgIpc) is 2.66. The van der Waals surface area contributed by atoms with Crippen molar-refractivity contribution in [2.75, 3.05) is 6.54 Å². The van der Waals surface area contributed by atoms with Crippen molar-refractivity contribution in [3.05, 3.63) is 16.7 Å². The Kier molecular flexibility index (Phi) is 4.70. The smallest absolute Gasteiger partial charge is 0.242 e. The summed E-state index contributed by atoms with van der Waals surface area (Å²) in [5.74, 6) is -0.0905. The van der Waals surface area contributed by atoms with E-state index >= 15 is 0 Å². The summed E-state index contributed by atoms with van der Waals surface area (Å²) in [5.41, 5.74) is 0.615. The van der Waals surface area contributed by atoms with Crippen LogP contribution in [0.5, 0.6) is 0 Å². The maximum Gasteiger partial charge on any atom is 0.242 e. The Hall–Kier alpha value is -1.14. The highest BCUT2D eigenvalue weighted by atomic mass is 32.1. The van der Waals surface area contributed by atoms with E-state index in [1.807, 2.05) is 6.92 Å². The number of rotatable bonds is 5. The fourth-order valence-corrected chi connectivity index (χ4v) is 1.81. The summed E-state index contributed by atoms with van der Waals surface area (Å²) in [6, 6.07) is -0.410. The molecular weight excluding hydrogens is 226 g/mol. The number of imidazole rings is 1. The largest absolute Gasteiger partial charge is 0.390 e. The van der Waals surface area contributed by atoms with Gasteiger partial charge in [0.1, 0.15) is 6.04 Å². The number of aromatic amines is 1. The van der Waals surface area contributed by atoms with Gasteiger partial charge in [-0.3, -0.25) is 4.79 Å². The predicted octanol–water partition coefficient (Wildman–Crippen LogP) is 1.13. The Morgan fingerprint density at radius 2 is 2.44 bits per heavy atom. The van der Waals surface area contributed by atoms with Crippen LogP contribution in [0, 0.1) is 4.77 Å². The first-order valence-corrected chi connectivity index (χ1v) is 5.70. The molecule has 0 aliphatic rings. The van der Waals surface area contributed by atoms with Gasteiger partial charge < -0.3 is 20.0 Å². The molecule has 90 valence electrons. The lowest BCUT2D eigenvalue weighted by molar-refractivity contribution is -0.123. The maximum absolute atomic E-state index is 11.7. The minimum absolute atomic E-state index is 0.0905. The number of H-pyrrole nitrogens is 1. The lowest BCUT2D eigenvalue weighted by Gasteiger charge is -2.15. The number of nitrogens with zero attached hydrogens (tertiary/aromatic N) is 1. The van der Waals surface area contributed by atoms with Crippen LogP contribution >= 0.6 is 12.2 Å². The Balaban J connectivity index is 2.86. The summed E-state index contributed by atoms with van der Waals surface area (Å²) in [6.45, 7) is 4.26. The minimum Gasteiger partial charge on any atom is -0.390 e. The van der Waals surface area contributed by atoms with Gasteiger partial charge in [0.25, 0.3) is 0 Å². The summed E-state index contributed by atoms with van der Waals surface area (Å²) >= 11 is 5.06. The van der Waals surface area contributed by atoms with E-state index in [-0.39, 0.29) is 12.5 Å². The first-order valence-electron chi connectivity index (χ1n) is 5.29. The summed E-state index contributed by atoms with van der Waals surface area (Å²) in [6.07, 6.45) is 2.51. The molecule has 0 saturated carbocycles. The second-order valence-electron chi connectivity index (χ2n) is 3.58. The molecule has 1 amide bonds.